The van der Waals surface area contributed by atoms with Gasteiger partial charge < -0.3 is 10.1 Å². The first-order valence-electron chi connectivity index (χ1n) is 9.24. The number of nitrogens with zero attached hydrogens (tertiary/aromatic N) is 2. The number of pyridine rings is 1. The van der Waals surface area contributed by atoms with Crippen molar-refractivity contribution in [2.75, 3.05) is 31.5 Å². The standard InChI is InChI=1S/C19H27N3O2/c1-14-4-2-5-17(21-14)20-11-15-6-9-22(12-15)13-16-10-19(7-3-8-19)18(23)24-16/h2,4-5,15-16H,3,6-13H2,1H3,(H,20,21)/t15-,16-/m0/s1. The second kappa shape index (κ2) is 6.36. The maximum atomic E-state index is 12.1. The third-order valence-electron chi connectivity index (χ3n) is 5.93. The Kier molecular flexibility index (Phi) is 4.21. The van der Waals surface area contributed by atoms with E-state index in [4.69, 9.17) is 4.74 Å². The van der Waals surface area contributed by atoms with Gasteiger partial charge in [0.05, 0.1) is 5.41 Å². The number of esters is 1. The van der Waals surface area contributed by atoms with Crippen LogP contribution in [-0.2, 0) is 9.53 Å². The van der Waals surface area contributed by atoms with Crippen LogP contribution in [0.5, 0.6) is 0 Å². The lowest BCUT2D eigenvalue weighted by Gasteiger charge is -2.33. The average Bonchev–Trinajstić information content (AvgIpc) is 3.09. The van der Waals surface area contributed by atoms with E-state index in [0.717, 1.165) is 57.0 Å². The number of hydrogen-bond donors (Lipinski definition) is 1. The summed E-state index contributed by atoms with van der Waals surface area (Å²) in [5.41, 5.74) is 0.948. The molecule has 130 valence electrons. The fraction of sp³-hybridized carbons (Fsp3) is 0.684. The molecular formula is C19H27N3O2. The van der Waals surface area contributed by atoms with Crippen molar-refractivity contribution in [1.82, 2.24) is 9.88 Å². The van der Waals surface area contributed by atoms with Crippen molar-refractivity contribution in [3.05, 3.63) is 23.9 Å². The summed E-state index contributed by atoms with van der Waals surface area (Å²) in [4.78, 5) is 19.0. The highest BCUT2D eigenvalue weighted by molar-refractivity contribution is 5.80. The molecule has 2 saturated heterocycles. The normalized spacial score (nSPS) is 28.8. The van der Waals surface area contributed by atoms with Gasteiger partial charge in [-0.2, -0.15) is 0 Å². The minimum atomic E-state index is -0.0951. The molecule has 1 saturated carbocycles. The third kappa shape index (κ3) is 3.14. The summed E-state index contributed by atoms with van der Waals surface area (Å²) in [7, 11) is 0. The van der Waals surface area contributed by atoms with Crippen molar-refractivity contribution >= 4 is 11.8 Å². The Morgan fingerprint density at radius 3 is 3.00 bits per heavy atom. The number of anilines is 1. The number of hydrogen-bond acceptors (Lipinski definition) is 5. The van der Waals surface area contributed by atoms with Crippen LogP contribution in [0.25, 0.3) is 0 Å². The predicted octanol–water partition coefficient (Wildman–Crippen LogP) is 2.61. The monoisotopic (exact) mass is 329 g/mol. The molecule has 2 atom stereocenters. The van der Waals surface area contributed by atoms with Crippen LogP contribution in [0.1, 0.15) is 37.8 Å². The van der Waals surface area contributed by atoms with Gasteiger partial charge in [-0.15, -0.1) is 0 Å². The summed E-state index contributed by atoms with van der Waals surface area (Å²) in [6.07, 6.45) is 5.52. The number of ether oxygens (including phenoxy) is 1. The highest BCUT2D eigenvalue weighted by Crippen LogP contribution is 2.50. The Balaban J connectivity index is 1.23. The molecule has 3 fully saturated rings. The summed E-state index contributed by atoms with van der Waals surface area (Å²) in [5, 5.41) is 3.46. The SMILES string of the molecule is Cc1cccc(NC[C@@H]2CCN(C[C@@H]3CC4(CCC4)C(=O)O3)C2)n1. The van der Waals surface area contributed by atoms with Gasteiger partial charge in [0.25, 0.3) is 0 Å². The minimum Gasteiger partial charge on any atom is -0.461 e. The largest absolute Gasteiger partial charge is 0.461 e. The maximum Gasteiger partial charge on any atom is 0.312 e. The quantitative estimate of drug-likeness (QED) is 0.842. The molecule has 3 aliphatic rings. The van der Waals surface area contributed by atoms with Gasteiger partial charge in [0, 0.05) is 31.7 Å². The van der Waals surface area contributed by atoms with E-state index < -0.39 is 0 Å². The Hall–Kier alpha value is -1.62. The first-order valence-corrected chi connectivity index (χ1v) is 9.24. The van der Waals surface area contributed by atoms with Crippen LogP contribution in [-0.4, -0.2) is 48.1 Å². The zero-order valence-electron chi connectivity index (χ0n) is 14.5. The number of aromatic nitrogens is 1. The highest BCUT2D eigenvalue weighted by Gasteiger charge is 2.53. The second-order valence-electron chi connectivity index (χ2n) is 7.82. The number of carbonyl (C=O) groups is 1. The van der Waals surface area contributed by atoms with Gasteiger partial charge in [-0.05, 0) is 50.8 Å². The Morgan fingerprint density at radius 2 is 2.29 bits per heavy atom. The van der Waals surface area contributed by atoms with Crippen molar-refractivity contribution in [2.24, 2.45) is 11.3 Å². The van der Waals surface area contributed by atoms with E-state index in [1.54, 1.807) is 0 Å². The molecule has 0 unspecified atom stereocenters. The molecule has 1 spiro atoms. The number of nitrogens with one attached hydrogen (secondary N) is 1. The van der Waals surface area contributed by atoms with E-state index in [2.05, 4.69) is 15.2 Å². The molecule has 1 N–H and O–H groups in total. The lowest BCUT2D eigenvalue weighted by atomic mass is 9.67. The van der Waals surface area contributed by atoms with Crippen LogP contribution in [0.2, 0.25) is 0 Å². The van der Waals surface area contributed by atoms with Gasteiger partial charge in [-0.3, -0.25) is 9.69 Å². The number of aryl methyl sites for hydroxylation is 1. The summed E-state index contributed by atoms with van der Waals surface area (Å²) >= 11 is 0. The molecule has 3 heterocycles. The van der Waals surface area contributed by atoms with Gasteiger partial charge in [0.15, 0.2) is 0 Å². The van der Waals surface area contributed by atoms with Gasteiger partial charge in [-0.1, -0.05) is 12.5 Å². The van der Waals surface area contributed by atoms with Crippen LogP contribution >= 0.6 is 0 Å². The van der Waals surface area contributed by atoms with E-state index in [1.807, 2.05) is 25.1 Å². The van der Waals surface area contributed by atoms with E-state index in [1.165, 1.54) is 12.8 Å². The van der Waals surface area contributed by atoms with E-state index in [0.29, 0.717) is 5.92 Å². The Morgan fingerprint density at radius 1 is 1.42 bits per heavy atom. The summed E-state index contributed by atoms with van der Waals surface area (Å²) in [6, 6.07) is 6.08. The molecular weight excluding hydrogens is 302 g/mol. The van der Waals surface area contributed by atoms with Crippen molar-refractivity contribution < 1.29 is 9.53 Å². The molecule has 0 amide bonds. The van der Waals surface area contributed by atoms with Crippen LogP contribution in [0.4, 0.5) is 5.82 Å². The predicted molar refractivity (Wildman–Crippen MR) is 92.8 cm³/mol. The smallest absolute Gasteiger partial charge is 0.312 e. The molecule has 1 aliphatic carbocycles. The average molecular weight is 329 g/mol. The van der Waals surface area contributed by atoms with Crippen LogP contribution in [0.15, 0.2) is 18.2 Å². The first-order chi connectivity index (χ1) is 11.6. The Labute approximate surface area is 143 Å². The second-order valence-corrected chi connectivity index (χ2v) is 7.82. The van der Waals surface area contributed by atoms with Crippen molar-refractivity contribution in [1.29, 1.82) is 0 Å². The lowest BCUT2D eigenvalue weighted by Crippen LogP contribution is -2.34. The molecule has 1 aromatic rings. The van der Waals surface area contributed by atoms with Crippen molar-refractivity contribution in [3.63, 3.8) is 0 Å². The van der Waals surface area contributed by atoms with Crippen LogP contribution in [0.3, 0.4) is 0 Å². The molecule has 0 bridgehead atoms. The summed E-state index contributed by atoms with van der Waals surface area (Å²) < 4.78 is 5.65. The van der Waals surface area contributed by atoms with Crippen LogP contribution < -0.4 is 5.32 Å². The van der Waals surface area contributed by atoms with Crippen molar-refractivity contribution in [2.45, 2.75) is 45.1 Å². The Bertz CT molecular complexity index is 614. The molecule has 0 radical (unpaired) electrons. The molecule has 4 rings (SSSR count). The molecule has 5 nitrogen and oxygen atoms in total. The molecule has 1 aromatic heterocycles. The van der Waals surface area contributed by atoms with E-state index in [9.17, 15) is 4.79 Å². The molecule has 24 heavy (non-hydrogen) atoms. The number of cyclic esters (lactones) is 1. The maximum absolute atomic E-state index is 12.1. The number of rotatable bonds is 5. The zero-order valence-corrected chi connectivity index (χ0v) is 14.5. The van der Waals surface area contributed by atoms with Gasteiger partial charge in [-0.25, -0.2) is 4.98 Å². The number of likely N-dealkylation sites (tertiary alicyclic amines) is 1. The zero-order chi connectivity index (χ0) is 16.6. The molecule has 0 aromatic carbocycles. The molecule has 5 heteroatoms. The van der Waals surface area contributed by atoms with Gasteiger partial charge in [0.1, 0.15) is 11.9 Å². The highest BCUT2D eigenvalue weighted by atomic mass is 16.6. The van der Waals surface area contributed by atoms with Gasteiger partial charge >= 0.3 is 5.97 Å². The van der Waals surface area contributed by atoms with Gasteiger partial charge in [0.2, 0.25) is 0 Å². The summed E-state index contributed by atoms with van der Waals surface area (Å²) in [6.45, 7) is 6.07. The van der Waals surface area contributed by atoms with Crippen LogP contribution in [0, 0.1) is 18.3 Å². The topological polar surface area (TPSA) is 54.5 Å². The fourth-order valence-corrected chi connectivity index (χ4v) is 4.37. The number of carbonyl (C=O) groups excluding carboxylic acids is 1. The van der Waals surface area contributed by atoms with Crippen molar-refractivity contribution in [3.8, 4) is 0 Å². The fourth-order valence-electron chi connectivity index (χ4n) is 4.37. The lowest BCUT2D eigenvalue weighted by molar-refractivity contribution is -0.152. The first kappa shape index (κ1) is 15.9. The van der Waals surface area contributed by atoms with E-state index in [-0.39, 0.29) is 17.5 Å². The third-order valence-corrected chi connectivity index (χ3v) is 5.93. The van der Waals surface area contributed by atoms with E-state index >= 15 is 0 Å². The summed E-state index contributed by atoms with van der Waals surface area (Å²) in [5.74, 6) is 1.67. The minimum absolute atomic E-state index is 0.0710. The molecule has 2 aliphatic heterocycles.